The molecule has 0 unspecified atom stereocenters. The number of carbonyl (C=O) groups excluding carboxylic acids is 1. The molecule has 0 amide bonds. The molecule has 1 aromatic heterocycles. The van der Waals surface area contributed by atoms with Gasteiger partial charge in [0.15, 0.2) is 6.10 Å². The van der Waals surface area contributed by atoms with Gasteiger partial charge in [-0.15, -0.1) is 11.3 Å². The Bertz CT molecular complexity index is 723. The van der Waals surface area contributed by atoms with Crippen LogP contribution in [0.5, 0.6) is 0 Å². The fourth-order valence-corrected chi connectivity index (χ4v) is 4.75. The van der Waals surface area contributed by atoms with E-state index in [1.807, 2.05) is 24.3 Å². The molecule has 1 aliphatic carbocycles. The number of hydrogen-bond donors (Lipinski definition) is 0. The number of ether oxygens (including phenoxy) is 1. The summed E-state index contributed by atoms with van der Waals surface area (Å²) in [6.45, 7) is 1.61. The summed E-state index contributed by atoms with van der Waals surface area (Å²) >= 11 is 1.72. The number of thiazole rings is 1. The van der Waals surface area contributed by atoms with Crippen LogP contribution in [0, 0.1) is 16.7 Å². The molecule has 0 N–H and O–H groups in total. The van der Waals surface area contributed by atoms with Gasteiger partial charge >= 0.3 is 5.97 Å². The summed E-state index contributed by atoms with van der Waals surface area (Å²) in [5, 5.41) is 9.93. The lowest BCUT2D eigenvalue weighted by Gasteiger charge is -2.36. The fourth-order valence-electron chi connectivity index (χ4n) is 3.61. The maximum Gasteiger partial charge on any atom is 0.307 e. The topological polar surface area (TPSA) is 63.0 Å². The fraction of sp³-hybridized carbons (Fsp3) is 0.526. The van der Waals surface area contributed by atoms with Crippen LogP contribution in [0.1, 0.15) is 50.5 Å². The first-order chi connectivity index (χ1) is 11.6. The number of nitriles is 1. The van der Waals surface area contributed by atoms with Gasteiger partial charge in [-0.1, -0.05) is 31.4 Å². The highest BCUT2D eigenvalue weighted by molar-refractivity contribution is 7.18. The van der Waals surface area contributed by atoms with Crippen molar-refractivity contribution in [2.75, 3.05) is 0 Å². The Hall–Kier alpha value is -1.93. The SMILES string of the molecule is C[C@H](C#N)OC(=O)CC1(Cc2nc3ccccc3s2)CCCCC1. The summed E-state index contributed by atoms with van der Waals surface area (Å²) in [5.41, 5.74) is 0.961. The highest BCUT2D eigenvalue weighted by atomic mass is 32.1. The summed E-state index contributed by atoms with van der Waals surface area (Å²) in [6, 6.07) is 10.1. The third-order valence-corrected chi connectivity index (χ3v) is 5.82. The Balaban J connectivity index is 1.77. The summed E-state index contributed by atoms with van der Waals surface area (Å²) in [5.74, 6) is -0.257. The van der Waals surface area contributed by atoms with Crippen molar-refractivity contribution in [3.8, 4) is 6.07 Å². The zero-order valence-electron chi connectivity index (χ0n) is 14.0. The van der Waals surface area contributed by atoms with Crippen LogP contribution in [-0.4, -0.2) is 17.1 Å². The van der Waals surface area contributed by atoms with Crippen LogP contribution in [-0.2, 0) is 16.0 Å². The Labute approximate surface area is 146 Å². The lowest BCUT2D eigenvalue weighted by Crippen LogP contribution is -2.31. The van der Waals surface area contributed by atoms with Gasteiger partial charge in [0.1, 0.15) is 6.07 Å². The number of rotatable bonds is 5. The average molecular weight is 342 g/mol. The minimum absolute atomic E-state index is 0.0710. The van der Waals surface area contributed by atoms with Gasteiger partial charge in [0.25, 0.3) is 0 Å². The second-order valence-corrected chi connectivity index (χ2v) is 7.87. The Morgan fingerprint density at radius 3 is 2.83 bits per heavy atom. The minimum Gasteiger partial charge on any atom is -0.447 e. The van der Waals surface area contributed by atoms with Crippen molar-refractivity contribution < 1.29 is 9.53 Å². The summed E-state index contributed by atoms with van der Waals surface area (Å²) < 4.78 is 6.40. The van der Waals surface area contributed by atoms with Crippen molar-refractivity contribution in [1.29, 1.82) is 5.26 Å². The maximum atomic E-state index is 12.3. The first-order valence-corrected chi connectivity index (χ1v) is 9.35. The molecule has 0 aliphatic heterocycles. The second-order valence-electron chi connectivity index (χ2n) is 6.75. The van der Waals surface area contributed by atoms with Crippen LogP contribution < -0.4 is 0 Å². The van der Waals surface area contributed by atoms with E-state index in [9.17, 15) is 4.79 Å². The predicted molar refractivity (Wildman–Crippen MR) is 94.6 cm³/mol. The number of esters is 1. The minimum atomic E-state index is -0.680. The van der Waals surface area contributed by atoms with E-state index in [0.29, 0.717) is 6.42 Å². The van der Waals surface area contributed by atoms with Crippen molar-refractivity contribution in [2.24, 2.45) is 5.41 Å². The normalized spacial score (nSPS) is 18.0. The lowest BCUT2D eigenvalue weighted by atomic mass is 9.70. The summed E-state index contributed by atoms with van der Waals surface area (Å²) in [4.78, 5) is 17.0. The number of nitrogens with zero attached hydrogens (tertiary/aromatic N) is 2. The van der Waals surface area contributed by atoms with E-state index in [-0.39, 0.29) is 11.4 Å². The van der Waals surface area contributed by atoms with Crippen molar-refractivity contribution >= 4 is 27.5 Å². The van der Waals surface area contributed by atoms with Crippen molar-refractivity contribution in [2.45, 2.75) is 58.0 Å². The molecule has 1 aromatic carbocycles. The van der Waals surface area contributed by atoms with Gasteiger partial charge < -0.3 is 4.74 Å². The Kier molecular flexibility index (Phi) is 5.15. The largest absolute Gasteiger partial charge is 0.447 e. The monoisotopic (exact) mass is 342 g/mol. The molecular formula is C19H22N2O2S. The molecule has 5 heteroatoms. The summed E-state index contributed by atoms with van der Waals surface area (Å²) in [7, 11) is 0. The molecule has 126 valence electrons. The molecular weight excluding hydrogens is 320 g/mol. The molecule has 0 spiro atoms. The van der Waals surface area contributed by atoms with Gasteiger partial charge in [0, 0.05) is 6.42 Å². The molecule has 1 heterocycles. The zero-order chi connectivity index (χ0) is 17.0. The molecule has 0 bridgehead atoms. The molecule has 0 saturated heterocycles. The van der Waals surface area contributed by atoms with Gasteiger partial charge in [0.05, 0.1) is 21.6 Å². The highest BCUT2D eigenvalue weighted by Crippen LogP contribution is 2.43. The van der Waals surface area contributed by atoms with Crippen molar-refractivity contribution in [1.82, 2.24) is 4.98 Å². The summed E-state index contributed by atoms with van der Waals surface area (Å²) in [6.07, 6.45) is 6.10. The number of hydrogen-bond acceptors (Lipinski definition) is 5. The molecule has 2 aromatic rings. The molecule has 1 atom stereocenters. The van der Waals surface area contributed by atoms with Gasteiger partial charge in [-0.25, -0.2) is 4.98 Å². The first-order valence-electron chi connectivity index (χ1n) is 8.54. The second kappa shape index (κ2) is 7.31. The van der Waals surface area contributed by atoms with Gasteiger partial charge in [-0.05, 0) is 37.3 Å². The number of para-hydroxylation sites is 1. The lowest BCUT2D eigenvalue weighted by molar-refractivity contribution is -0.149. The van der Waals surface area contributed by atoms with Crippen molar-refractivity contribution in [3.05, 3.63) is 29.3 Å². The maximum absolute atomic E-state index is 12.3. The van der Waals surface area contributed by atoms with Gasteiger partial charge in [0.2, 0.25) is 0 Å². The van der Waals surface area contributed by atoms with Gasteiger partial charge in [-0.2, -0.15) is 5.26 Å². The molecule has 3 rings (SSSR count). The van der Waals surface area contributed by atoms with Crippen LogP contribution in [0.15, 0.2) is 24.3 Å². The van der Waals surface area contributed by atoms with Crippen LogP contribution >= 0.6 is 11.3 Å². The number of fused-ring (bicyclic) bond motifs is 1. The molecule has 24 heavy (non-hydrogen) atoms. The quantitative estimate of drug-likeness (QED) is 0.743. The van der Waals surface area contributed by atoms with Crippen LogP contribution in [0.2, 0.25) is 0 Å². The molecule has 1 fully saturated rings. The predicted octanol–water partition coefficient (Wildman–Crippen LogP) is 4.63. The van der Waals surface area contributed by atoms with E-state index in [4.69, 9.17) is 15.0 Å². The number of aromatic nitrogens is 1. The van der Waals surface area contributed by atoms with Crippen LogP contribution in [0.25, 0.3) is 10.2 Å². The number of benzene rings is 1. The smallest absolute Gasteiger partial charge is 0.307 e. The van der Waals surface area contributed by atoms with Crippen LogP contribution in [0.4, 0.5) is 0 Å². The van der Waals surface area contributed by atoms with Gasteiger partial charge in [-0.3, -0.25) is 4.79 Å². The van der Waals surface area contributed by atoms with E-state index >= 15 is 0 Å². The van der Waals surface area contributed by atoms with Crippen LogP contribution in [0.3, 0.4) is 0 Å². The third kappa shape index (κ3) is 3.93. The third-order valence-electron chi connectivity index (χ3n) is 4.79. The molecule has 4 nitrogen and oxygen atoms in total. The van der Waals surface area contributed by atoms with E-state index < -0.39 is 6.10 Å². The average Bonchev–Trinajstić information content (AvgIpc) is 2.96. The van der Waals surface area contributed by atoms with E-state index in [1.165, 1.54) is 11.1 Å². The Morgan fingerprint density at radius 1 is 1.38 bits per heavy atom. The highest BCUT2D eigenvalue weighted by Gasteiger charge is 2.36. The zero-order valence-corrected chi connectivity index (χ0v) is 14.8. The number of carbonyl (C=O) groups is 1. The first kappa shape index (κ1) is 16.9. The standard InChI is InChI=1S/C19H22N2O2S/c1-14(13-20)23-18(22)12-19(9-5-2-6-10-19)11-17-21-15-7-3-4-8-16(15)24-17/h3-4,7-8,14H,2,5-6,9-12H2,1H3/t14-/m1/s1. The van der Waals surface area contributed by atoms with Crippen molar-refractivity contribution in [3.63, 3.8) is 0 Å². The molecule has 0 radical (unpaired) electrons. The van der Waals surface area contributed by atoms with E-state index in [1.54, 1.807) is 18.3 Å². The van der Waals surface area contributed by atoms with E-state index in [0.717, 1.165) is 42.6 Å². The van der Waals surface area contributed by atoms with E-state index in [2.05, 4.69) is 6.07 Å². The molecule has 1 aliphatic rings. The Morgan fingerprint density at radius 2 is 2.12 bits per heavy atom. The molecule has 1 saturated carbocycles.